The lowest BCUT2D eigenvalue weighted by Crippen LogP contribution is -2.35. The van der Waals surface area contributed by atoms with Gasteiger partial charge < -0.3 is 5.32 Å². The Kier molecular flexibility index (Phi) is 6.42. The Balaban J connectivity index is 2.55. The maximum absolute atomic E-state index is 3.84. The Labute approximate surface area is 114 Å². The largest absolute Gasteiger partial charge is 0.319 e. The third-order valence-corrected chi connectivity index (χ3v) is 4.81. The third kappa shape index (κ3) is 4.76. The Hall–Kier alpha value is -0.300. The second kappa shape index (κ2) is 7.33. The Bertz CT molecular complexity index is 238. The van der Waals surface area contributed by atoms with Crippen molar-refractivity contribution in [3.63, 3.8) is 0 Å². The van der Waals surface area contributed by atoms with Crippen molar-refractivity contribution in [2.75, 3.05) is 13.6 Å². The number of allylic oxidation sites excluding steroid dienone is 1. The molecule has 0 aliphatic heterocycles. The Morgan fingerprint density at radius 3 is 2.50 bits per heavy atom. The molecule has 1 aliphatic carbocycles. The zero-order chi connectivity index (χ0) is 13.6. The summed E-state index contributed by atoms with van der Waals surface area (Å²) in [5, 5.41) is 3.39. The molecule has 106 valence electrons. The summed E-state index contributed by atoms with van der Waals surface area (Å²) in [4.78, 5) is 0. The van der Waals surface area contributed by atoms with Gasteiger partial charge in [-0.1, -0.05) is 26.8 Å². The number of hydrogen-bond acceptors (Lipinski definition) is 1. The highest BCUT2D eigenvalue weighted by Crippen LogP contribution is 2.44. The second-order valence-corrected chi connectivity index (χ2v) is 7.17. The maximum atomic E-state index is 3.84. The predicted molar refractivity (Wildman–Crippen MR) is 81.8 cm³/mol. The zero-order valence-corrected chi connectivity index (χ0v) is 13.0. The molecule has 0 heterocycles. The molecular weight excluding hydrogens is 218 g/mol. The first-order valence-electron chi connectivity index (χ1n) is 7.74. The highest BCUT2D eigenvalue weighted by Gasteiger charge is 2.34. The molecule has 0 aromatic carbocycles. The topological polar surface area (TPSA) is 12.0 Å². The minimum absolute atomic E-state index is 0.487. The van der Waals surface area contributed by atoms with E-state index in [0.717, 1.165) is 17.8 Å². The van der Waals surface area contributed by atoms with Gasteiger partial charge in [-0.3, -0.25) is 0 Å². The van der Waals surface area contributed by atoms with Gasteiger partial charge in [0.05, 0.1) is 0 Å². The smallest absolute Gasteiger partial charge is 0.00209 e. The van der Waals surface area contributed by atoms with Crippen LogP contribution in [0.1, 0.15) is 59.3 Å². The number of rotatable bonds is 6. The first-order valence-corrected chi connectivity index (χ1v) is 7.74. The zero-order valence-electron chi connectivity index (χ0n) is 13.0. The van der Waals surface area contributed by atoms with Crippen LogP contribution >= 0.6 is 0 Å². The van der Waals surface area contributed by atoms with Crippen molar-refractivity contribution in [2.45, 2.75) is 59.3 Å². The molecule has 1 fully saturated rings. The lowest BCUT2D eigenvalue weighted by Gasteiger charge is -2.42. The van der Waals surface area contributed by atoms with Gasteiger partial charge in [-0.05, 0) is 75.3 Å². The molecule has 1 saturated carbocycles. The van der Waals surface area contributed by atoms with Crippen molar-refractivity contribution in [2.24, 2.45) is 23.2 Å². The number of unbranched alkanes of at least 4 members (excludes halogenated alkanes) is 1. The lowest BCUT2D eigenvalue weighted by atomic mass is 9.64. The van der Waals surface area contributed by atoms with E-state index in [4.69, 9.17) is 0 Å². The summed E-state index contributed by atoms with van der Waals surface area (Å²) < 4.78 is 0. The Morgan fingerprint density at radius 2 is 1.94 bits per heavy atom. The summed E-state index contributed by atoms with van der Waals surface area (Å²) in [6.45, 7) is 12.3. The van der Waals surface area contributed by atoms with Crippen LogP contribution in [0.3, 0.4) is 0 Å². The highest BCUT2D eigenvalue weighted by molar-refractivity contribution is 4.86. The van der Waals surface area contributed by atoms with Crippen LogP contribution in [0.25, 0.3) is 0 Å². The molecule has 0 bridgehead atoms. The van der Waals surface area contributed by atoms with Gasteiger partial charge in [-0.15, -0.1) is 6.58 Å². The second-order valence-electron chi connectivity index (χ2n) is 7.17. The molecule has 0 saturated heterocycles. The van der Waals surface area contributed by atoms with E-state index in [-0.39, 0.29) is 0 Å². The fraction of sp³-hybridized carbons (Fsp3) is 0.882. The predicted octanol–water partition coefficient (Wildman–Crippen LogP) is 4.64. The van der Waals surface area contributed by atoms with Crippen LogP contribution in [-0.2, 0) is 0 Å². The lowest BCUT2D eigenvalue weighted by molar-refractivity contribution is 0.0924. The summed E-state index contributed by atoms with van der Waals surface area (Å²) in [6.07, 6.45) is 10.2. The van der Waals surface area contributed by atoms with E-state index in [1.807, 2.05) is 0 Å². The van der Waals surface area contributed by atoms with Crippen molar-refractivity contribution < 1.29 is 0 Å². The van der Waals surface area contributed by atoms with Crippen LogP contribution in [0.2, 0.25) is 0 Å². The molecular formula is C17H33N. The van der Waals surface area contributed by atoms with Crippen LogP contribution in [0.15, 0.2) is 12.7 Å². The molecule has 1 N–H and O–H groups in total. The molecule has 0 amide bonds. The van der Waals surface area contributed by atoms with Crippen LogP contribution in [-0.4, -0.2) is 13.6 Å². The van der Waals surface area contributed by atoms with Crippen molar-refractivity contribution in [1.82, 2.24) is 5.32 Å². The van der Waals surface area contributed by atoms with E-state index in [0.29, 0.717) is 5.41 Å². The molecule has 0 aromatic heterocycles. The van der Waals surface area contributed by atoms with Crippen molar-refractivity contribution in [3.8, 4) is 0 Å². The first-order chi connectivity index (χ1) is 8.49. The monoisotopic (exact) mass is 251 g/mol. The van der Waals surface area contributed by atoms with Gasteiger partial charge in [-0.2, -0.15) is 0 Å². The van der Waals surface area contributed by atoms with E-state index in [1.165, 1.54) is 45.1 Å². The number of nitrogens with one attached hydrogen (secondary N) is 1. The molecule has 1 heteroatoms. The van der Waals surface area contributed by atoms with E-state index in [2.05, 4.69) is 45.8 Å². The quantitative estimate of drug-likeness (QED) is 0.535. The Morgan fingerprint density at radius 1 is 1.22 bits per heavy atom. The molecule has 3 atom stereocenters. The molecule has 0 aromatic rings. The van der Waals surface area contributed by atoms with Crippen LogP contribution in [0, 0.1) is 23.2 Å². The minimum Gasteiger partial charge on any atom is -0.319 e. The number of hydrogen-bond donors (Lipinski definition) is 1. The minimum atomic E-state index is 0.487. The molecule has 0 spiro atoms. The van der Waals surface area contributed by atoms with Crippen LogP contribution in [0.5, 0.6) is 0 Å². The summed E-state index contributed by atoms with van der Waals surface area (Å²) >= 11 is 0. The van der Waals surface area contributed by atoms with Gasteiger partial charge in [0.2, 0.25) is 0 Å². The van der Waals surface area contributed by atoms with Crippen molar-refractivity contribution >= 4 is 0 Å². The van der Waals surface area contributed by atoms with Crippen molar-refractivity contribution in [3.05, 3.63) is 12.7 Å². The van der Waals surface area contributed by atoms with E-state index in [1.54, 1.807) is 0 Å². The molecule has 1 rings (SSSR count). The van der Waals surface area contributed by atoms with E-state index >= 15 is 0 Å². The van der Waals surface area contributed by atoms with E-state index < -0.39 is 0 Å². The average molecular weight is 251 g/mol. The van der Waals surface area contributed by atoms with Gasteiger partial charge in [-0.25, -0.2) is 0 Å². The molecule has 1 nitrogen and oxygen atoms in total. The first kappa shape index (κ1) is 15.8. The standard InChI is InChI=1S/C17H33N/c1-6-7-8-9-14-12-16(17(2,3)4)11-10-15(14)13-18-5/h6,14-16,18H,1,7-13H2,2-5H3. The molecule has 18 heavy (non-hydrogen) atoms. The molecule has 1 aliphatic rings. The maximum Gasteiger partial charge on any atom is -0.00209 e. The van der Waals surface area contributed by atoms with Gasteiger partial charge in [0, 0.05) is 0 Å². The van der Waals surface area contributed by atoms with Crippen LogP contribution < -0.4 is 5.32 Å². The summed E-state index contributed by atoms with van der Waals surface area (Å²) in [6, 6.07) is 0. The normalized spacial score (nSPS) is 29.2. The van der Waals surface area contributed by atoms with Gasteiger partial charge in [0.25, 0.3) is 0 Å². The van der Waals surface area contributed by atoms with Gasteiger partial charge >= 0.3 is 0 Å². The van der Waals surface area contributed by atoms with Crippen LogP contribution in [0.4, 0.5) is 0 Å². The summed E-state index contributed by atoms with van der Waals surface area (Å²) in [5.74, 6) is 2.74. The third-order valence-electron chi connectivity index (χ3n) is 4.81. The van der Waals surface area contributed by atoms with Gasteiger partial charge in [0.15, 0.2) is 0 Å². The fourth-order valence-corrected chi connectivity index (χ4v) is 3.52. The van der Waals surface area contributed by atoms with Gasteiger partial charge in [0.1, 0.15) is 0 Å². The highest BCUT2D eigenvalue weighted by atomic mass is 14.8. The molecule has 3 unspecified atom stereocenters. The fourth-order valence-electron chi connectivity index (χ4n) is 3.52. The molecule has 0 radical (unpaired) electrons. The summed E-state index contributed by atoms with van der Waals surface area (Å²) in [7, 11) is 2.09. The van der Waals surface area contributed by atoms with E-state index in [9.17, 15) is 0 Å². The van der Waals surface area contributed by atoms with Crippen molar-refractivity contribution in [1.29, 1.82) is 0 Å². The summed E-state index contributed by atoms with van der Waals surface area (Å²) in [5.41, 5.74) is 0.487. The SMILES string of the molecule is C=CCCCC1CC(C(C)(C)C)CCC1CNC. The average Bonchev–Trinajstić information content (AvgIpc) is 2.30.